The summed E-state index contributed by atoms with van der Waals surface area (Å²) >= 11 is 0. The first kappa shape index (κ1) is 41.5. The van der Waals surface area contributed by atoms with E-state index < -0.39 is 84.4 Å². The van der Waals surface area contributed by atoms with E-state index in [9.17, 15) is 38.7 Å². The number of rotatable bonds is 20. The highest BCUT2D eigenvalue weighted by molar-refractivity contribution is 5.96. The molecule has 19 heteroatoms. The van der Waals surface area contributed by atoms with Crippen LogP contribution in [0.1, 0.15) is 66.7 Å². The van der Waals surface area contributed by atoms with Gasteiger partial charge in [0.05, 0.1) is 12.6 Å². The third-order valence-corrected chi connectivity index (χ3v) is 7.34. The number of amides is 6. The van der Waals surface area contributed by atoms with Crippen molar-refractivity contribution in [2.45, 2.75) is 109 Å². The minimum Gasteiger partial charge on any atom is -0.480 e. The molecule has 1 rings (SSSR count). The molecule has 0 aromatic carbocycles. The lowest BCUT2D eigenvalue weighted by atomic mass is 10.0. The van der Waals surface area contributed by atoms with Gasteiger partial charge < -0.3 is 58.9 Å². The van der Waals surface area contributed by atoms with Gasteiger partial charge >= 0.3 is 5.97 Å². The standard InChI is InChI=1S/C29H52N10O9/c1-14(2)12-20(38-24(43)18-8-6-10-32-18)26(45)37-19(9-7-11-33-29(30)31)25(44)39-21(13-40)27(46)35-16(4)22(41)34-15(3)23(42)36-17(5)28(47)48/h14-21,32,40H,6-13H2,1-5H3,(H,34,41)(H,35,46)(H,36,42)(H,37,45)(H,38,43)(H,39,44)(H,47,48)(H4,30,31,33)/t15-,16-,17-,18-,19-,20-,21-/m0/s1. The summed E-state index contributed by atoms with van der Waals surface area (Å²) in [7, 11) is 0. The number of aliphatic carboxylic acids is 1. The van der Waals surface area contributed by atoms with Crippen LogP contribution < -0.4 is 48.7 Å². The lowest BCUT2D eigenvalue weighted by Gasteiger charge is -2.26. The Kier molecular flexibility index (Phi) is 17.9. The SMILES string of the molecule is CC(C)C[C@H](NC(=O)[C@@H]1CCCN1)C(=O)N[C@@H](CCCN=C(N)N)C(=O)N[C@@H](CO)C(=O)N[C@@H](C)C(=O)N[C@@H](C)C(=O)N[C@@H](C)C(=O)O. The van der Waals surface area contributed by atoms with Gasteiger partial charge in [-0.05, 0) is 65.3 Å². The summed E-state index contributed by atoms with van der Waals surface area (Å²) < 4.78 is 0. The number of guanidine groups is 1. The highest BCUT2D eigenvalue weighted by Gasteiger charge is 2.32. The Balaban J connectivity index is 2.97. The molecule has 0 aromatic heterocycles. The first-order chi connectivity index (χ1) is 22.5. The molecule has 1 fully saturated rings. The van der Waals surface area contributed by atoms with Gasteiger partial charge in [0, 0.05) is 6.54 Å². The van der Waals surface area contributed by atoms with Crippen molar-refractivity contribution in [2.24, 2.45) is 22.4 Å². The molecular weight excluding hydrogens is 632 g/mol. The number of nitrogens with one attached hydrogen (secondary N) is 7. The lowest BCUT2D eigenvalue weighted by molar-refractivity contribution is -0.141. The number of nitrogens with zero attached hydrogens (tertiary/aromatic N) is 1. The Bertz CT molecular complexity index is 1170. The van der Waals surface area contributed by atoms with Gasteiger partial charge in [-0.25, -0.2) is 0 Å². The number of carboxylic acids is 1. The van der Waals surface area contributed by atoms with E-state index in [1.54, 1.807) is 0 Å². The molecule has 0 aromatic rings. The van der Waals surface area contributed by atoms with Crippen molar-refractivity contribution < 1.29 is 43.8 Å². The molecule has 19 nitrogen and oxygen atoms in total. The Hall–Kier alpha value is -4.52. The molecule has 7 atom stereocenters. The largest absolute Gasteiger partial charge is 0.480 e. The van der Waals surface area contributed by atoms with E-state index in [1.165, 1.54) is 20.8 Å². The highest BCUT2D eigenvalue weighted by atomic mass is 16.4. The summed E-state index contributed by atoms with van der Waals surface area (Å²) in [6, 6.07) is -7.73. The van der Waals surface area contributed by atoms with Crippen LogP contribution in [-0.4, -0.2) is 120 Å². The molecule has 1 saturated heterocycles. The number of aliphatic imine (C=N–C) groups is 1. The summed E-state index contributed by atoms with van der Waals surface area (Å²) in [4.78, 5) is 92.0. The molecule has 48 heavy (non-hydrogen) atoms. The van der Waals surface area contributed by atoms with Crippen LogP contribution in [0.5, 0.6) is 0 Å². The summed E-state index contributed by atoms with van der Waals surface area (Å²) in [6.45, 7) is 7.56. The number of hydrogen-bond acceptors (Lipinski definition) is 10. The molecule has 6 amide bonds. The maximum atomic E-state index is 13.4. The Labute approximate surface area is 279 Å². The number of aliphatic hydroxyl groups excluding tert-OH is 1. The quantitative estimate of drug-likeness (QED) is 0.0331. The van der Waals surface area contributed by atoms with Crippen molar-refractivity contribution in [3.63, 3.8) is 0 Å². The second-order valence-corrected chi connectivity index (χ2v) is 12.1. The number of aliphatic hydroxyl groups is 1. The minimum atomic E-state index is -1.54. The topological polar surface area (TPSA) is 309 Å². The molecular formula is C29H52N10O9. The molecule has 0 bridgehead atoms. The summed E-state index contributed by atoms with van der Waals surface area (Å²) in [5, 5.41) is 36.6. The molecule has 0 radical (unpaired) electrons. The van der Waals surface area contributed by atoms with Crippen molar-refractivity contribution >= 4 is 47.4 Å². The summed E-state index contributed by atoms with van der Waals surface area (Å²) in [5.41, 5.74) is 10.7. The van der Waals surface area contributed by atoms with Gasteiger partial charge in [-0.2, -0.15) is 0 Å². The second kappa shape index (κ2) is 20.7. The van der Waals surface area contributed by atoms with Gasteiger partial charge in [-0.3, -0.25) is 38.6 Å². The molecule has 13 N–H and O–H groups in total. The molecule has 0 aliphatic carbocycles. The number of carbonyl (C=O) groups excluding carboxylic acids is 6. The fourth-order valence-electron chi connectivity index (χ4n) is 4.58. The van der Waals surface area contributed by atoms with Crippen molar-refractivity contribution in [1.29, 1.82) is 0 Å². The summed E-state index contributed by atoms with van der Waals surface area (Å²) in [5.74, 6) is -5.71. The van der Waals surface area contributed by atoms with E-state index in [4.69, 9.17) is 16.6 Å². The Morgan fingerprint density at radius 3 is 1.77 bits per heavy atom. The van der Waals surface area contributed by atoms with Crippen LogP contribution >= 0.6 is 0 Å². The monoisotopic (exact) mass is 684 g/mol. The Morgan fingerprint density at radius 2 is 1.27 bits per heavy atom. The predicted molar refractivity (Wildman–Crippen MR) is 174 cm³/mol. The van der Waals surface area contributed by atoms with Crippen LogP contribution in [0, 0.1) is 5.92 Å². The number of nitrogens with two attached hydrogens (primary N) is 2. The second-order valence-electron chi connectivity index (χ2n) is 12.1. The Morgan fingerprint density at radius 1 is 0.750 bits per heavy atom. The van der Waals surface area contributed by atoms with Gasteiger partial charge in [0.25, 0.3) is 0 Å². The third-order valence-electron chi connectivity index (χ3n) is 7.34. The zero-order chi connectivity index (χ0) is 36.6. The molecule has 1 heterocycles. The number of carboxylic acid groups (broad SMARTS) is 1. The van der Waals surface area contributed by atoms with E-state index in [2.05, 4.69) is 42.2 Å². The van der Waals surface area contributed by atoms with Crippen molar-refractivity contribution in [2.75, 3.05) is 19.7 Å². The molecule has 0 spiro atoms. The van der Waals surface area contributed by atoms with Crippen molar-refractivity contribution in [3.05, 3.63) is 0 Å². The van der Waals surface area contributed by atoms with Crippen LogP contribution in [0.4, 0.5) is 0 Å². The average Bonchev–Trinajstić information content (AvgIpc) is 3.55. The van der Waals surface area contributed by atoms with E-state index in [1.807, 2.05) is 13.8 Å². The van der Waals surface area contributed by atoms with E-state index in [-0.39, 0.29) is 43.6 Å². The van der Waals surface area contributed by atoms with Gasteiger partial charge in [0.2, 0.25) is 35.4 Å². The molecule has 0 unspecified atom stereocenters. The van der Waals surface area contributed by atoms with Crippen molar-refractivity contribution in [3.8, 4) is 0 Å². The van der Waals surface area contributed by atoms with E-state index in [0.717, 1.165) is 6.42 Å². The first-order valence-corrected chi connectivity index (χ1v) is 15.9. The maximum Gasteiger partial charge on any atom is 0.325 e. The van der Waals surface area contributed by atoms with Gasteiger partial charge in [0.1, 0.15) is 36.3 Å². The maximum absolute atomic E-state index is 13.4. The van der Waals surface area contributed by atoms with Crippen molar-refractivity contribution in [1.82, 2.24) is 37.2 Å². The normalized spacial score (nSPS) is 17.8. The fraction of sp³-hybridized carbons (Fsp3) is 0.724. The minimum absolute atomic E-state index is 0.0130. The third kappa shape index (κ3) is 14.9. The smallest absolute Gasteiger partial charge is 0.325 e. The fourth-order valence-corrected chi connectivity index (χ4v) is 4.58. The zero-order valence-electron chi connectivity index (χ0n) is 28.1. The number of hydrogen-bond donors (Lipinski definition) is 11. The lowest BCUT2D eigenvalue weighted by Crippen LogP contribution is -2.60. The van der Waals surface area contributed by atoms with Crippen LogP contribution in [0.3, 0.4) is 0 Å². The summed E-state index contributed by atoms with van der Waals surface area (Å²) in [6.07, 6.45) is 2.01. The zero-order valence-corrected chi connectivity index (χ0v) is 28.1. The van der Waals surface area contributed by atoms with Crippen LogP contribution in [0.25, 0.3) is 0 Å². The number of carbonyl (C=O) groups is 7. The van der Waals surface area contributed by atoms with Crippen LogP contribution in [-0.2, 0) is 33.6 Å². The van der Waals surface area contributed by atoms with E-state index in [0.29, 0.717) is 13.0 Å². The molecule has 1 aliphatic rings. The van der Waals surface area contributed by atoms with Gasteiger partial charge in [-0.1, -0.05) is 13.8 Å². The molecule has 0 saturated carbocycles. The van der Waals surface area contributed by atoms with Crippen LogP contribution in [0.2, 0.25) is 0 Å². The highest BCUT2D eigenvalue weighted by Crippen LogP contribution is 2.10. The average molecular weight is 685 g/mol. The molecule has 1 aliphatic heterocycles. The molecule has 272 valence electrons. The van der Waals surface area contributed by atoms with Gasteiger partial charge in [0.15, 0.2) is 5.96 Å². The van der Waals surface area contributed by atoms with Crippen LogP contribution in [0.15, 0.2) is 4.99 Å². The van der Waals surface area contributed by atoms with Gasteiger partial charge in [-0.15, -0.1) is 0 Å². The first-order valence-electron chi connectivity index (χ1n) is 15.9. The van der Waals surface area contributed by atoms with E-state index >= 15 is 0 Å². The predicted octanol–water partition coefficient (Wildman–Crippen LogP) is -4.12.